The van der Waals surface area contributed by atoms with Crippen LogP contribution in [0, 0.1) is 47.8 Å². The normalized spacial score (nSPS) is 7.18. The van der Waals surface area contributed by atoms with E-state index in [1.54, 1.807) is 6.92 Å². The molecule has 0 radical (unpaired) electrons. The molecule has 0 aromatic carbocycles. The molecule has 0 heterocycles. The predicted molar refractivity (Wildman–Crippen MR) is 42.8 cm³/mol. The van der Waals surface area contributed by atoms with E-state index in [1.807, 2.05) is 0 Å². The number of carboxylic acids is 1. The molecule has 0 bridgehead atoms. The summed E-state index contributed by atoms with van der Waals surface area (Å²) in [5.74, 6) is -0.682. The molecule has 0 saturated heterocycles. The van der Waals surface area contributed by atoms with Gasteiger partial charge in [0.1, 0.15) is 0 Å². The van der Waals surface area contributed by atoms with Crippen molar-refractivity contribution < 1.29 is 50.7 Å². The van der Waals surface area contributed by atoms with Crippen molar-refractivity contribution >= 4 is 5.97 Å². The molecule has 0 rings (SSSR count). The summed E-state index contributed by atoms with van der Waals surface area (Å²) in [5, 5.41) is 8.14. The van der Waals surface area contributed by atoms with Gasteiger partial charge < -0.3 is 12.0 Å². The molecule has 0 fully saturated rings. The molecule has 66 valence electrons. The van der Waals surface area contributed by atoms with Crippen LogP contribution < -0.4 is 0 Å². The standard InChI is InChI=1S/C6H12O2.C2H5.Nd/c1-2-3-4-5-6(7)8;1-2;/h2-5H2,1H3,(H,7,8);1H2,2H3;/q;-1;. The van der Waals surface area contributed by atoms with Crippen LogP contribution >= 0.6 is 0 Å². The van der Waals surface area contributed by atoms with Gasteiger partial charge in [-0.05, 0) is 6.42 Å². The van der Waals surface area contributed by atoms with Crippen molar-refractivity contribution in [3.05, 3.63) is 6.92 Å². The zero-order valence-electron chi connectivity index (χ0n) is 7.39. The average Bonchev–Trinajstić information content (AvgIpc) is 1.92. The third-order valence-electron chi connectivity index (χ3n) is 0.994. The fourth-order valence-corrected chi connectivity index (χ4v) is 0.526. The van der Waals surface area contributed by atoms with E-state index in [-0.39, 0.29) is 40.8 Å². The zero-order valence-corrected chi connectivity index (χ0v) is 10.6. The fraction of sp³-hybridized carbons (Fsp3) is 0.750. The van der Waals surface area contributed by atoms with Crippen molar-refractivity contribution in [2.45, 2.75) is 39.5 Å². The van der Waals surface area contributed by atoms with Gasteiger partial charge in [0, 0.05) is 47.3 Å². The SMILES string of the molecule is CCCCCC(=O)O.[CH2-]C.[Nd]. The molecule has 2 nitrogen and oxygen atoms in total. The summed E-state index contributed by atoms with van der Waals surface area (Å²) in [7, 11) is 0. The third kappa shape index (κ3) is 24.8. The molecule has 1 N–H and O–H groups in total. The minimum Gasteiger partial charge on any atom is -0.481 e. The van der Waals surface area contributed by atoms with Crippen molar-refractivity contribution in [1.82, 2.24) is 0 Å². The van der Waals surface area contributed by atoms with Gasteiger partial charge in [-0.25, -0.2) is 0 Å². The molecule has 0 aromatic heterocycles. The smallest absolute Gasteiger partial charge is 0.303 e. The molecule has 0 unspecified atom stereocenters. The second-order valence-electron chi connectivity index (χ2n) is 1.85. The molecule has 3 heteroatoms. The summed E-state index contributed by atoms with van der Waals surface area (Å²) < 4.78 is 0. The number of carbonyl (C=O) groups is 1. The summed E-state index contributed by atoms with van der Waals surface area (Å²) in [6, 6.07) is 0. The summed E-state index contributed by atoms with van der Waals surface area (Å²) in [4.78, 5) is 9.87. The third-order valence-corrected chi connectivity index (χ3v) is 0.994. The van der Waals surface area contributed by atoms with Crippen LogP contribution in [0.2, 0.25) is 0 Å². The van der Waals surface area contributed by atoms with Crippen molar-refractivity contribution in [2.75, 3.05) is 0 Å². The number of hydrogen-bond acceptors (Lipinski definition) is 1. The topological polar surface area (TPSA) is 37.3 Å². The average molecular weight is 289 g/mol. The van der Waals surface area contributed by atoms with Gasteiger partial charge in [-0.2, -0.15) is 6.92 Å². The predicted octanol–water partition coefficient (Wildman–Crippen LogP) is 2.49. The second-order valence-corrected chi connectivity index (χ2v) is 1.85. The van der Waals surface area contributed by atoms with E-state index in [1.165, 1.54) is 0 Å². The number of aliphatic carboxylic acids is 1. The van der Waals surface area contributed by atoms with Crippen LogP contribution in [0.4, 0.5) is 0 Å². The number of carboxylic acid groups (broad SMARTS) is 1. The van der Waals surface area contributed by atoms with Gasteiger partial charge in [-0.15, -0.1) is 0 Å². The van der Waals surface area contributed by atoms with Gasteiger partial charge in [0.25, 0.3) is 0 Å². The van der Waals surface area contributed by atoms with Gasteiger partial charge in [0.15, 0.2) is 0 Å². The molecule has 0 atom stereocenters. The Morgan fingerprint density at radius 3 is 2.09 bits per heavy atom. The maximum Gasteiger partial charge on any atom is 0.303 e. The van der Waals surface area contributed by atoms with Crippen LogP contribution in [-0.4, -0.2) is 11.1 Å². The Bertz CT molecular complexity index is 74.5. The van der Waals surface area contributed by atoms with E-state index in [0.717, 1.165) is 19.3 Å². The molecule has 0 saturated carbocycles. The van der Waals surface area contributed by atoms with Crippen LogP contribution in [0.1, 0.15) is 39.5 Å². The molecule has 11 heavy (non-hydrogen) atoms. The van der Waals surface area contributed by atoms with Gasteiger partial charge in [0.2, 0.25) is 0 Å². The minimum atomic E-state index is -0.682. The second kappa shape index (κ2) is 17.1. The summed E-state index contributed by atoms with van der Waals surface area (Å²) in [6.45, 7) is 7.06. The van der Waals surface area contributed by atoms with E-state index in [9.17, 15) is 4.79 Å². The fourth-order valence-electron chi connectivity index (χ4n) is 0.526. The Morgan fingerprint density at radius 1 is 1.36 bits per heavy atom. The van der Waals surface area contributed by atoms with Gasteiger partial charge in [-0.3, -0.25) is 4.79 Å². The number of unbranched alkanes of at least 4 members (excludes halogenated alkanes) is 2. The molecular weight excluding hydrogens is 272 g/mol. The van der Waals surface area contributed by atoms with Crippen molar-refractivity contribution in [2.24, 2.45) is 0 Å². The molecule has 0 aliphatic rings. The number of rotatable bonds is 4. The van der Waals surface area contributed by atoms with E-state index in [4.69, 9.17) is 5.11 Å². The Morgan fingerprint density at radius 2 is 1.82 bits per heavy atom. The largest absolute Gasteiger partial charge is 0.481 e. The molecule has 0 aliphatic carbocycles. The minimum absolute atomic E-state index is 0. The van der Waals surface area contributed by atoms with Crippen molar-refractivity contribution in [3.63, 3.8) is 0 Å². The maximum atomic E-state index is 9.87. The molecular formula is C8H17NdO2-. The monoisotopic (exact) mass is 287 g/mol. The quantitative estimate of drug-likeness (QED) is 0.638. The van der Waals surface area contributed by atoms with Crippen LogP contribution in [0.3, 0.4) is 0 Å². The van der Waals surface area contributed by atoms with Crippen LogP contribution in [0.15, 0.2) is 0 Å². The molecule has 0 aliphatic heterocycles. The van der Waals surface area contributed by atoms with Crippen LogP contribution in [-0.2, 0) is 4.79 Å². The first-order valence-electron chi connectivity index (χ1n) is 3.70. The van der Waals surface area contributed by atoms with Gasteiger partial charge in [0.05, 0.1) is 0 Å². The Balaban J connectivity index is -0.000000196. The first-order chi connectivity index (χ1) is 4.77. The number of hydrogen-bond donors (Lipinski definition) is 1. The zero-order chi connectivity index (χ0) is 8.41. The molecule has 0 aromatic rings. The van der Waals surface area contributed by atoms with Crippen molar-refractivity contribution in [1.29, 1.82) is 0 Å². The van der Waals surface area contributed by atoms with E-state index < -0.39 is 5.97 Å². The van der Waals surface area contributed by atoms with E-state index in [2.05, 4.69) is 13.8 Å². The first-order valence-corrected chi connectivity index (χ1v) is 3.70. The van der Waals surface area contributed by atoms with Gasteiger partial charge >= 0.3 is 5.97 Å². The molecule has 0 spiro atoms. The first kappa shape index (κ1) is 17.8. The summed E-state index contributed by atoms with van der Waals surface area (Å²) in [5.41, 5.74) is 0. The Labute approximate surface area is 102 Å². The molecule has 0 amide bonds. The maximum absolute atomic E-state index is 9.87. The van der Waals surface area contributed by atoms with Crippen LogP contribution in [0.25, 0.3) is 0 Å². The van der Waals surface area contributed by atoms with Gasteiger partial charge in [-0.1, -0.05) is 19.8 Å². The Hall–Kier alpha value is 0.821. The Kier molecular flexibility index (Phi) is 27.6. The van der Waals surface area contributed by atoms with Crippen LogP contribution in [0.5, 0.6) is 0 Å². The van der Waals surface area contributed by atoms with E-state index in [0.29, 0.717) is 6.42 Å². The van der Waals surface area contributed by atoms with Crippen molar-refractivity contribution in [3.8, 4) is 0 Å². The summed E-state index contributed by atoms with van der Waals surface area (Å²) in [6.07, 6.45) is 3.28. The van der Waals surface area contributed by atoms with E-state index >= 15 is 0 Å². The summed E-state index contributed by atoms with van der Waals surface area (Å²) >= 11 is 0.